The standard InChI is InChI=1S/C15H21N3O2S/c19-21(20)17-11-3-1-2-10-16-14-6-8-15(9-7-14)18-12-4-5-13-18/h4-9,12-13,16-17H,1-3,10-11H2,(H,19,20). The van der Waals surface area contributed by atoms with Gasteiger partial charge in [-0.3, -0.25) is 4.55 Å². The summed E-state index contributed by atoms with van der Waals surface area (Å²) in [7, 11) is 0. The molecule has 0 fully saturated rings. The normalized spacial score (nSPS) is 12.2. The predicted molar refractivity (Wildman–Crippen MR) is 86.9 cm³/mol. The zero-order valence-electron chi connectivity index (χ0n) is 11.9. The van der Waals surface area contributed by atoms with Crippen molar-refractivity contribution in [3.8, 4) is 5.69 Å². The highest BCUT2D eigenvalue weighted by Gasteiger charge is 1.96. The molecule has 0 bridgehead atoms. The molecule has 0 aliphatic heterocycles. The Bertz CT molecular complexity index is 541. The van der Waals surface area contributed by atoms with Gasteiger partial charge >= 0.3 is 0 Å². The fourth-order valence-electron chi connectivity index (χ4n) is 2.08. The molecule has 1 unspecified atom stereocenters. The molecular weight excluding hydrogens is 286 g/mol. The van der Waals surface area contributed by atoms with E-state index in [2.05, 4.69) is 38.9 Å². The third-order valence-electron chi connectivity index (χ3n) is 3.18. The maximum absolute atomic E-state index is 10.4. The molecule has 1 atom stereocenters. The van der Waals surface area contributed by atoms with Gasteiger partial charge in [0.2, 0.25) is 11.3 Å². The Morgan fingerprint density at radius 1 is 1.00 bits per heavy atom. The zero-order chi connectivity index (χ0) is 14.9. The number of anilines is 1. The van der Waals surface area contributed by atoms with E-state index in [1.54, 1.807) is 0 Å². The highest BCUT2D eigenvalue weighted by molar-refractivity contribution is 7.77. The van der Waals surface area contributed by atoms with E-state index in [4.69, 9.17) is 4.55 Å². The zero-order valence-corrected chi connectivity index (χ0v) is 12.7. The summed E-state index contributed by atoms with van der Waals surface area (Å²) in [6.07, 6.45) is 7.02. The van der Waals surface area contributed by atoms with E-state index in [0.717, 1.165) is 37.2 Å². The Hall–Kier alpha value is -1.63. The van der Waals surface area contributed by atoms with Crippen molar-refractivity contribution in [2.75, 3.05) is 18.4 Å². The molecule has 0 spiro atoms. The molecule has 6 heteroatoms. The number of unbranched alkanes of at least 4 members (excludes halogenated alkanes) is 2. The fourth-order valence-corrected chi connectivity index (χ4v) is 2.40. The lowest BCUT2D eigenvalue weighted by molar-refractivity contribution is 0.544. The molecule has 114 valence electrons. The Morgan fingerprint density at radius 3 is 2.33 bits per heavy atom. The first-order valence-electron chi connectivity index (χ1n) is 7.07. The number of hydrogen-bond acceptors (Lipinski definition) is 2. The average Bonchev–Trinajstić information content (AvgIpc) is 3.01. The third kappa shape index (κ3) is 5.71. The van der Waals surface area contributed by atoms with Crippen molar-refractivity contribution in [3.63, 3.8) is 0 Å². The molecule has 0 aliphatic carbocycles. The molecule has 2 rings (SSSR count). The lowest BCUT2D eigenvalue weighted by Gasteiger charge is -2.08. The van der Waals surface area contributed by atoms with E-state index in [9.17, 15) is 4.21 Å². The summed E-state index contributed by atoms with van der Waals surface area (Å²) in [5, 5.41) is 3.38. The largest absolute Gasteiger partial charge is 0.385 e. The number of rotatable bonds is 9. The highest BCUT2D eigenvalue weighted by Crippen LogP contribution is 2.13. The van der Waals surface area contributed by atoms with Crippen molar-refractivity contribution in [3.05, 3.63) is 48.8 Å². The highest BCUT2D eigenvalue weighted by atomic mass is 32.2. The Labute approximate surface area is 127 Å². The van der Waals surface area contributed by atoms with Crippen LogP contribution in [-0.2, 0) is 11.3 Å². The van der Waals surface area contributed by atoms with Crippen LogP contribution >= 0.6 is 0 Å². The maximum atomic E-state index is 10.4. The Morgan fingerprint density at radius 2 is 1.67 bits per heavy atom. The number of hydrogen-bond donors (Lipinski definition) is 3. The van der Waals surface area contributed by atoms with Crippen molar-refractivity contribution in [1.29, 1.82) is 0 Å². The first-order chi connectivity index (χ1) is 10.3. The van der Waals surface area contributed by atoms with Gasteiger partial charge in [0.25, 0.3) is 0 Å². The monoisotopic (exact) mass is 307 g/mol. The quantitative estimate of drug-likeness (QED) is 0.493. The van der Waals surface area contributed by atoms with Gasteiger partial charge in [0.1, 0.15) is 0 Å². The minimum Gasteiger partial charge on any atom is -0.385 e. The lowest BCUT2D eigenvalue weighted by atomic mass is 10.2. The van der Waals surface area contributed by atoms with Crippen LogP contribution in [0.3, 0.4) is 0 Å². The summed E-state index contributed by atoms with van der Waals surface area (Å²) < 4.78 is 23.5. The van der Waals surface area contributed by atoms with Crippen LogP contribution in [0.25, 0.3) is 5.69 Å². The summed E-state index contributed by atoms with van der Waals surface area (Å²) in [6.45, 7) is 1.49. The molecule has 1 aromatic carbocycles. The lowest BCUT2D eigenvalue weighted by Crippen LogP contribution is -2.17. The Balaban J connectivity index is 1.64. The van der Waals surface area contributed by atoms with Crippen LogP contribution in [0.5, 0.6) is 0 Å². The van der Waals surface area contributed by atoms with Crippen molar-refractivity contribution < 1.29 is 8.76 Å². The van der Waals surface area contributed by atoms with Crippen LogP contribution in [-0.4, -0.2) is 26.4 Å². The topological polar surface area (TPSA) is 66.3 Å². The predicted octanol–water partition coefficient (Wildman–Crippen LogP) is 2.79. The number of benzene rings is 1. The van der Waals surface area contributed by atoms with E-state index >= 15 is 0 Å². The first kappa shape index (κ1) is 15.8. The SMILES string of the molecule is O=S(O)NCCCCCNc1ccc(-n2cccc2)cc1. The van der Waals surface area contributed by atoms with Crippen LogP contribution in [0.1, 0.15) is 19.3 Å². The maximum Gasteiger partial charge on any atom is 0.231 e. The van der Waals surface area contributed by atoms with E-state index in [0.29, 0.717) is 6.54 Å². The van der Waals surface area contributed by atoms with Crippen LogP contribution in [0, 0.1) is 0 Å². The van der Waals surface area contributed by atoms with E-state index in [1.807, 2.05) is 24.5 Å². The summed E-state index contributed by atoms with van der Waals surface area (Å²) in [5.74, 6) is 0. The summed E-state index contributed by atoms with van der Waals surface area (Å²) in [5.41, 5.74) is 2.26. The van der Waals surface area contributed by atoms with Gasteiger partial charge in [-0.1, -0.05) is 6.42 Å². The molecule has 5 nitrogen and oxygen atoms in total. The van der Waals surface area contributed by atoms with Gasteiger partial charge in [0.05, 0.1) is 0 Å². The fraction of sp³-hybridized carbons (Fsp3) is 0.333. The number of nitrogens with zero attached hydrogens (tertiary/aromatic N) is 1. The van der Waals surface area contributed by atoms with E-state index < -0.39 is 11.3 Å². The molecule has 1 aromatic heterocycles. The molecule has 3 N–H and O–H groups in total. The van der Waals surface area contributed by atoms with Crippen molar-refractivity contribution in [1.82, 2.24) is 9.29 Å². The van der Waals surface area contributed by atoms with Crippen molar-refractivity contribution in [2.24, 2.45) is 0 Å². The smallest absolute Gasteiger partial charge is 0.231 e. The average molecular weight is 307 g/mol. The second-order valence-electron chi connectivity index (χ2n) is 4.77. The van der Waals surface area contributed by atoms with Gasteiger partial charge in [0.15, 0.2) is 0 Å². The van der Waals surface area contributed by atoms with Gasteiger partial charge in [-0.25, -0.2) is 8.93 Å². The molecule has 2 aromatic rings. The molecular formula is C15H21N3O2S. The molecule has 0 aliphatic rings. The van der Waals surface area contributed by atoms with Crippen LogP contribution < -0.4 is 10.0 Å². The van der Waals surface area contributed by atoms with Crippen molar-refractivity contribution >= 4 is 17.0 Å². The van der Waals surface area contributed by atoms with E-state index in [-0.39, 0.29) is 0 Å². The minimum absolute atomic E-state index is 0.578. The van der Waals surface area contributed by atoms with Gasteiger partial charge in [0, 0.05) is 36.9 Å². The molecule has 21 heavy (non-hydrogen) atoms. The van der Waals surface area contributed by atoms with Crippen LogP contribution in [0.15, 0.2) is 48.8 Å². The van der Waals surface area contributed by atoms with Crippen molar-refractivity contribution in [2.45, 2.75) is 19.3 Å². The molecule has 0 saturated carbocycles. The molecule has 0 amide bonds. The van der Waals surface area contributed by atoms with Gasteiger partial charge < -0.3 is 9.88 Å². The van der Waals surface area contributed by atoms with Gasteiger partial charge in [-0.05, 0) is 49.2 Å². The first-order valence-corrected chi connectivity index (χ1v) is 8.18. The second-order valence-corrected chi connectivity index (χ2v) is 5.56. The van der Waals surface area contributed by atoms with E-state index in [1.165, 1.54) is 0 Å². The summed E-state index contributed by atoms with van der Waals surface area (Å²) in [6, 6.07) is 12.3. The summed E-state index contributed by atoms with van der Waals surface area (Å²) >= 11 is -1.89. The molecule has 0 saturated heterocycles. The number of nitrogens with one attached hydrogen (secondary N) is 2. The second kappa shape index (κ2) is 8.61. The van der Waals surface area contributed by atoms with Gasteiger partial charge in [-0.15, -0.1) is 0 Å². The minimum atomic E-state index is -1.89. The van der Waals surface area contributed by atoms with Gasteiger partial charge in [-0.2, -0.15) is 0 Å². The Kier molecular flexibility index (Phi) is 6.46. The summed E-state index contributed by atoms with van der Waals surface area (Å²) in [4.78, 5) is 0. The number of aromatic nitrogens is 1. The van der Waals surface area contributed by atoms with Crippen LogP contribution in [0.4, 0.5) is 5.69 Å². The molecule has 1 heterocycles. The molecule has 0 radical (unpaired) electrons. The van der Waals surface area contributed by atoms with Crippen LogP contribution in [0.2, 0.25) is 0 Å². The third-order valence-corrected chi connectivity index (χ3v) is 3.63.